The van der Waals surface area contributed by atoms with Crippen LogP contribution in [0.3, 0.4) is 0 Å². The predicted molar refractivity (Wildman–Crippen MR) is 84.1 cm³/mol. The molecular weight excluding hydrogens is 278 g/mol. The third kappa shape index (κ3) is 14.6. The lowest BCUT2D eigenvalue weighted by atomic mass is 10.1. The minimum absolute atomic E-state index is 0. The van der Waals surface area contributed by atoms with Gasteiger partial charge < -0.3 is 21.1 Å². The van der Waals surface area contributed by atoms with Crippen LogP contribution in [0.25, 0.3) is 0 Å². The van der Waals surface area contributed by atoms with E-state index in [2.05, 4.69) is 16.0 Å². The van der Waals surface area contributed by atoms with Gasteiger partial charge in [-0.15, -0.1) is 0 Å². The van der Waals surface area contributed by atoms with Crippen LogP contribution < -0.4 is 16.0 Å². The molecule has 0 aromatic heterocycles. The van der Waals surface area contributed by atoms with Crippen molar-refractivity contribution in [2.75, 3.05) is 20.1 Å². The summed E-state index contributed by atoms with van der Waals surface area (Å²) in [6, 6.07) is -0.328. The number of carboxylic acid groups (broad SMARTS) is 1. The summed E-state index contributed by atoms with van der Waals surface area (Å²) in [4.78, 5) is 32.7. The van der Waals surface area contributed by atoms with Crippen LogP contribution in [-0.2, 0) is 14.4 Å². The number of carboxylic acids is 1. The summed E-state index contributed by atoms with van der Waals surface area (Å²) in [5.41, 5.74) is 0. The third-order valence-corrected chi connectivity index (χ3v) is 2.60. The summed E-state index contributed by atoms with van der Waals surface area (Å²) in [5, 5.41) is 16.6. The van der Waals surface area contributed by atoms with E-state index in [4.69, 9.17) is 5.11 Å². The normalized spacial score (nSPS) is 10.6. The fourth-order valence-electron chi connectivity index (χ4n) is 1.56. The summed E-state index contributed by atoms with van der Waals surface area (Å²) in [7, 11) is 1.69. The van der Waals surface area contributed by atoms with Crippen LogP contribution in [-0.4, -0.2) is 49.1 Å². The summed E-state index contributed by atoms with van der Waals surface area (Å²) >= 11 is 0. The monoisotopic (exact) mass is 309 g/mol. The quantitative estimate of drug-likeness (QED) is 0.352. The standard InChI is InChI=1S/C12H23N3O4.2CH4/c1-9(16)14-7-4-3-5-10(13-2)12(19)15-8-6-11(17)18;;/h10,13H,3-8H2,1-2H3,(H,14,16)(H,15,19)(H,17,18);2*1H4/i1+1,2+1;2*1+1. The first-order chi connectivity index (χ1) is 8.97. The van der Waals surface area contributed by atoms with Gasteiger partial charge in [-0.2, -0.15) is 0 Å². The number of carbonyl (C=O) groups is 3. The van der Waals surface area contributed by atoms with E-state index in [9.17, 15) is 14.4 Å². The average Bonchev–Trinajstić information content (AvgIpc) is 2.32. The minimum Gasteiger partial charge on any atom is -0.481 e. The molecule has 0 fully saturated rings. The average molecular weight is 309 g/mol. The van der Waals surface area contributed by atoms with Crippen molar-refractivity contribution in [2.24, 2.45) is 0 Å². The van der Waals surface area contributed by atoms with E-state index in [-0.39, 0.29) is 45.7 Å². The molecule has 0 aliphatic carbocycles. The van der Waals surface area contributed by atoms with Gasteiger partial charge >= 0.3 is 5.97 Å². The van der Waals surface area contributed by atoms with E-state index >= 15 is 0 Å². The van der Waals surface area contributed by atoms with E-state index < -0.39 is 5.97 Å². The lowest BCUT2D eigenvalue weighted by Crippen LogP contribution is -2.43. The lowest BCUT2D eigenvalue weighted by molar-refractivity contribution is -0.137. The molecule has 0 radical (unpaired) electrons. The molecule has 1 unspecified atom stereocenters. The highest BCUT2D eigenvalue weighted by Gasteiger charge is 2.15. The molecule has 126 valence electrons. The maximum absolute atomic E-state index is 11.7. The SMILES string of the molecule is [13CH3]NC(CCCCNC([13CH3])=O)C(=O)NCCC(=O)O.[13CH4].[13CH4]. The van der Waals surface area contributed by atoms with E-state index in [1.54, 1.807) is 7.05 Å². The largest absolute Gasteiger partial charge is 0.481 e. The van der Waals surface area contributed by atoms with Crippen molar-refractivity contribution in [2.45, 2.75) is 53.5 Å². The molecule has 2 amide bonds. The number of hydrogen-bond acceptors (Lipinski definition) is 4. The van der Waals surface area contributed by atoms with Crippen molar-refractivity contribution in [3.8, 4) is 0 Å². The zero-order chi connectivity index (χ0) is 14.7. The molecule has 7 heteroatoms. The van der Waals surface area contributed by atoms with E-state index in [0.717, 1.165) is 12.8 Å². The van der Waals surface area contributed by atoms with Gasteiger partial charge in [0.15, 0.2) is 0 Å². The van der Waals surface area contributed by atoms with E-state index in [1.807, 2.05) is 0 Å². The molecule has 21 heavy (non-hydrogen) atoms. The zero-order valence-electron chi connectivity index (χ0n) is 11.5. The molecule has 0 spiro atoms. The summed E-state index contributed by atoms with van der Waals surface area (Å²) in [6.45, 7) is 2.21. The van der Waals surface area contributed by atoms with Crippen molar-refractivity contribution < 1.29 is 19.5 Å². The number of amides is 2. The second kappa shape index (κ2) is 14.8. The van der Waals surface area contributed by atoms with Gasteiger partial charge in [0, 0.05) is 20.0 Å². The van der Waals surface area contributed by atoms with Crippen LogP contribution in [0, 0.1) is 0 Å². The van der Waals surface area contributed by atoms with Gasteiger partial charge in [-0.25, -0.2) is 0 Å². The van der Waals surface area contributed by atoms with Crippen LogP contribution in [0.15, 0.2) is 0 Å². The maximum Gasteiger partial charge on any atom is 0.305 e. The van der Waals surface area contributed by atoms with E-state index in [1.165, 1.54) is 6.92 Å². The Labute approximate surface area is 127 Å². The number of unbranched alkanes of at least 4 members (excludes halogenated alkanes) is 1. The molecule has 0 heterocycles. The van der Waals surface area contributed by atoms with Crippen LogP contribution in [0.2, 0.25) is 0 Å². The molecule has 0 saturated heterocycles. The van der Waals surface area contributed by atoms with Gasteiger partial charge in [0.25, 0.3) is 0 Å². The summed E-state index contributed by atoms with van der Waals surface area (Å²) in [6.07, 6.45) is 2.18. The molecular formula is C14H31N3O4. The van der Waals surface area contributed by atoms with Crippen molar-refractivity contribution in [3.63, 3.8) is 0 Å². The Morgan fingerprint density at radius 1 is 1.05 bits per heavy atom. The van der Waals surface area contributed by atoms with Crippen molar-refractivity contribution >= 4 is 17.8 Å². The Balaban J connectivity index is -0.00000162. The lowest BCUT2D eigenvalue weighted by Gasteiger charge is -2.15. The molecule has 0 rings (SSSR count). The van der Waals surface area contributed by atoms with Gasteiger partial charge in [-0.1, -0.05) is 14.9 Å². The fourth-order valence-corrected chi connectivity index (χ4v) is 1.56. The Morgan fingerprint density at radius 3 is 2.14 bits per heavy atom. The summed E-state index contributed by atoms with van der Waals surface area (Å²) in [5.74, 6) is -1.18. The minimum atomic E-state index is -0.934. The smallest absolute Gasteiger partial charge is 0.305 e. The highest BCUT2D eigenvalue weighted by molar-refractivity contribution is 5.82. The highest BCUT2D eigenvalue weighted by atomic mass is 16.4. The Bertz CT molecular complexity index is 309. The third-order valence-electron chi connectivity index (χ3n) is 2.60. The number of hydrogen-bond donors (Lipinski definition) is 4. The molecule has 0 aliphatic rings. The van der Waals surface area contributed by atoms with Gasteiger partial charge in [0.1, 0.15) is 0 Å². The van der Waals surface area contributed by atoms with Gasteiger partial charge in [-0.3, -0.25) is 14.4 Å². The number of rotatable bonds is 10. The van der Waals surface area contributed by atoms with Gasteiger partial charge in [-0.05, 0) is 26.3 Å². The van der Waals surface area contributed by atoms with Crippen molar-refractivity contribution in [1.82, 2.24) is 16.0 Å². The van der Waals surface area contributed by atoms with E-state index in [0.29, 0.717) is 13.0 Å². The van der Waals surface area contributed by atoms with Gasteiger partial charge in [0.05, 0.1) is 12.5 Å². The molecule has 0 bridgehead atoms. The number of aliphatic carboxylic acids is 1. The first kappa shape index (κ1) is 24.4. The molecule has 7 nitrogen and oxygen atoms in total. The Kier molecular flexibility index (Phi) is 17.2. The Hall–Kier alpha value is -1.63. The molecule has 0 aromatic carbocycles. The number of likely N-dealkylation sites (N-methyl/N-ethyl adjacent to an activating group) is 1. The second-order valence-corrected chi connectivity index (χ2v) is 4.25. The van der Waals surface area contributed by atoms with Crippen LogP contribution >= 0.6 is 0 Å². The summed E-state index contributed by atoms with van der Waals surface area (Å²) < 4.78 is 0. The molecule has 4 N–H and O–H groups in total. The van der Waals surface area contributed by atoms with Crippen molar-refractivity contribution in [3.05, 3.63) is 0 Å². The van der Waals surface area contributed by atoms with Gasteiger partial charge in [0.2, 0.25) is 11.8 Å². The van der Waals surface area contributed by atoms with Crippen LogP contribution in [0.4, 0.5) is 0 Å². The number of nitrogens with one attached hydrogen (secondary N) is 3. The topological polar surface area (TPSA) is 108 Å². The van der Waals surface area contributed by atoms with Crippen molar-refractivity contribution in [1.29, 1.82) is 0 Å². The maximum atomic E-state index is 11.7. The molecule has 1 atom stereocenters. The first-order valence-electron chi connectivity index (χ1n) is 6.38. The first-order valence-corrected chi connectivity index (χ1v) is 6.38. The zero-order valence-corrected chi connectivity index (χ0v) is 11.5. The number of carbonyl (C=O) groups excluding carboxylic acids is 2. The second-order valence-electron chi connectivity index (χ2n) is 4.25. The Morgan fingerprint density at radius 2 is 1.67 bits per heavy atom. The molecule has 0 aliphatic heterocycles. The fraction of sp³-hybridized carbons (Fsp3) is 0.786. The van der Waals surface area contributed by atoms with Crippen LogP contribution in [0.1, 0.15) is 47.5 Å². The molecule has 0 saturated carbocycles. The molecule has 0 aromatic rings. The van der Waals surface area contributed by atoms with Crippen LogP contribution in [0.5, 0.6) is 0 Å². The highest BCUT2D eigenvalue weighted by Crippen LogP contribution is 2.00. The predicted octanol–water partition coefficient (Wildman–Crippen LogP) is 0.744.